The number of carbonyl (C=O) groups excluding carboxylic acids is 3. The number of benzene rings is 1. The van der Waals surface area contributed by atoms with Crippen LogP contribution in [-0.4, -0.2) is 31.1 Å². The molecule has 7 nitrogen and oxygen atoms in total. The second-order valence-corrected chi connectivity index (χ2v) is 4.02. The Balaban J connectivity index is 2.43. The molecule has 0 aliphatic rings. The van der Waals surface area contributed by atoms with Crippen LogP contribution in [-0.2, 0) is 14.3 Å². The second-order valence-electron chi connectivity index (χ2n) is 4.02. The van der Waals surface area contributed by atoms with Crippen molar-refractivity contribution in [2.75, 3.05) is 13.2 Å². The Hall–Kier alpha value is -3.09. The Kier molecular flexibility index (Phi) is 6.91. The van der Waals surface area contributed by atoms with E-state index in [0.717, 1.165) is 11.6 Å². The van der Waals surface area contributed by atoms with E-state index in [1.807, 2.05) is 0 Å². The first kappa shape index (κ1) is 17.0. The summed E-state index contributed by atoms with van der Waals surface area (Å²) in [7, 11) is 0. The number of nitrogens with two attached hydrogens (primary N) is 1. The fraction of sp³-hybridized carbons (Fsp3) is 0.133. The van der Waals surface area contributed by atoms with Crippen LogP contribution >= 0.6 is 0 Å². The number of esters is 1. The Morgan fingerprint density at radius 2 is 1.91 bits per heavy atom. The van der Waals surface area contributed by atoms with E-state index in [1.165, 1.54) is 6.08 Å². The van der Waals surface area contributed by atoms with E-state index >= 15 is 0 Å². The Labute approximate surface area is 127 Å². The highest BCUT2D eigenvalue weighted by Crippen LogP contribution is 2.13. The number of ether oxygens (including phenoxy) is 2. The number of hydrogen-bond acceptors (Lipinski definition) is 5. The first-order chi connectivity index (χ1) is 10.5. The van der Waals surface area contributed by atoms with Crippen molar-refractivity contribution in [1.29, 1.82) is 0 Å². The van der Waals surface area contributed by atoms with Crippen LogP contribution in [0.1, 0.15) is 5.56 Å². The molecule has 0 spiro atoms. The van der Waals surface area contributed by atoms with Gasteiger partial charge in [0.15, 0.2) is 6.61 Å². The lowest BCUT2D eigenvalue weighted by Gasteiger charge is -2.03. The third-order valence-corrected chi connectivity index (χ3v) is 2.27. The lowest BCUT2D eigenvalue weighted by atomic mass is 10.2. The van der Waals surface area contributed by atoms with Crippen molar-refractivity contribution < 1.29 is 23.9 Å². The summed E-state index contributed by atoms with van der Waals surface area (Å²) < 4.78 is 9.94. The molecule has 0 bridgehead atoms. The summed E-state index contributed by atoms with van der Waals surface area (Å²) in [6, 6.07) is 5.99. The number of hydrogen-bond donors (Lipinski definition) is 2. The molecule has 1 rings (SSSR count). The van der Waals surface area contributed by atoms with Crippen molar-refractivity contribution in [3.8, 4) is 5.75 Å². The summed E-state index contributed by atoms with van der Waals surface area (Å²) in [5.74, 6) is -0.827. The molecule has 0 heterocycles. The summed E-state index contributed by atoms with van der Waals surface area (Å²) in [4.78, 5) is 32.8. The maximum absolute atomic E-state index is 11.4. The fourth-order valence-electron chi connectivity index (χ4n) is 1.35. The molecule has 1 aromatic carbocycles. The number of imide groups is 1. The average Bonchev–Trinajstić information content (AvgIpc) is 2.49. The summed E-state index contributed by atoms with van der Waals surface area (Å²) in [6.07, 6.45) is 4.32. The molecule has 0 radical (unpaired) electrons. The number of urea groups is 1. The molecule has 0 saturated heterocycles. The van der Waals surface area contributed by atoms with Gasteiger partial charge in [-0.3, -0.25) is 10.1 Å². The van der Waals surface area contributed by atoms with Crippen molar-refractivity contribution in [2.45, 2.75) is 0 Å². The number of amides is 3. The number of nitrogens with one attached hydrogen (secondary N) is 1. The number of rotatable bonds is 7. The quantitative estimate of drug-likeness (QED) is 0.444. The van der Waals surface area contributed by atoms with Crippen LogP contribution < -0.4 is 15.8 Å². The van der Waals surface area contributed by atoms with Gasteiger partial charge >= 0.3 is 12.0 Å². The van der Waals surface area contributed by atoms with Crippen LogP contribution in [0.2, 0.25) is 0 Å². The molecule has 0 atom stereocenters. The highest BCUT2D eigenvalue weighted by Gasteiger charge is 2.06. The Bertz CT molecular complexity index is 578. The van der Waals surface area contributed by atoms with Crippen molar-refractivity contribution >= 4 is 24.0 Å². The largest absolute Gasteiger partial charge is 0.490 e. The van der Waals surface area contributed by atoms with Gasteiger partial charge in [0.1, 0.15) is 12.4 Å². The molecule has 0 aromatic heterocycles. The van der Waals surface area contributed by atoms with Gasteiger partial charge in [-0.15, -0.1) is 0 Å². The molecule has 0 saturated carbocycles. The zero-order valence-corrected chi connectivity index (χ0v) is 11.8. The van der Waals surface area contributed by atoms with Crippen molar-refractivity contribution in [2.24, 2.45) is 5.73 Å². The van der Waals surface area contributed by atoms with Crippen molar-refractivity contribution in [3.05, 3.63) is 48.6 Å². The van der Waals surface area contributed by atoms with Gasteiger partial charge in [-0.25, -0.2) is 9.59 Å². The summed E-state index contributed by atoms with van der Waals surface area (Å²) in [6.45, 7) is 3.37. The smallest absolute Gasteiger partial charge is 0.331 e. The monoisotopic (exact) mass is 304 g/mol. The normalized spacial score (nSPS) is 10.0. The molecule has 22 heavy (non-hydrogen) atoms. The highest BCUT2D eigenvalue weighted by molar-refractivity contribution is 5.95. The van der Waals surface area contributed by atoms with Crippen LogP contribution in [0.25, 0.3) is 6.08 Å². The van der Waals surface area contributed by atoms with Crippen LogP contribution in [0.15, 0.2) is 43.0 Å². The Morgan fingerprint density at radius 1 is 1.23 bits per heavy atom. The molecule has 0 unspecified atom stereocenters. The molecular formula is C15H16N2O5. The van der Waals surface area contributed by atoms with E-state index in [2.05, 4.69) is 11.3 Å². The SMILES string of the molecule is C=CCOc1ccc(/C=C/C(=O)OCC(=O)NC(N)=O)cc1. The predicted molar refractivity (Wildman–Crippen MR) is 79.9 cm³/mol. The molecule has 0 aliphatic carbocycles. The Morgan fingerprint density at radius 3 is 2.50 bits per heavy atom. The lowest BCUT2D eigenvalue weighted by Crippen LogP contribution is -2.37. The topological polar surface area (TPSA) is 108 Å². The van der Waals surface area contributed by atoms with Gasteiger partial charge in [0.25, 0.3) is 5.91 Å². The molecule has 0 aliphatic heterocycles. The van der Waals surface area contributed by atoms with Gasteiger partial charge in [-0.05, 0) is 23.8 Å². The third-order valence-electron chi connectivity index (χ3n) is 2.27. The van der Waals surface area contributed by atoms with Crippen molar-refractivity contribution in [1.82, 2.24) is 5.32 Å². The standard InChI is InChI=1S/C15H16N2O5/c1-2-9-21-12-6-3-11(4-7-12)5-8-14(19)22-10-13(18)17-15(16)20/h2-8H,1,9-10H2,(H3,16,17,18,20)/b8-5+. The summed E-state index contributed by atoms with van der Waals surface area (Å²) in [5.41, 5.74) is 5.49. The molecule has 0 fully saturated rings. The van der Waals surface area contributed by atoms with Gasteiger partial charge in [0.05, 0.1) is 0 Å². The zero-order chi connectivity index (χ0) is 16.4. The maximum Gasteiger partial charge on any atom is 0.331 e. The zero-order valence-electron chi connectivity index (χ0n) is 11.8. The minimum absolute atomic E-state index is 0.412. The maximum atomic E-state index is 11.4. The van der Waals surface area contributed by atoms with Gasteiger partial charge in [0, 0.05) is 6.08 Å². The minimum atomic E-state index is -1.00. The van der Waals surface area contributed by atoms with Crippen molar-refractivity contribution in [3.63, 3.8) is 0 Å². The lowest BCUT2D eigenvalue weighted by molar-refractivity contribution is -0.143. The molecule has 1 aromatic rings. The van der Waals surface area contributed by atoms with Gasteiger partial charge in [-0.1, -0.05) is 24.8 Å². The van der Waals surface area contributed by atoms with Crippen LogP contribution in [0.5, 0.6) is 5.75 Å². The number of carbonyl (C=O) groups is 3. The van der Waals surface area contributed by atoms with Crippen LogP contribution in [0.4, 0.5) is 4.79 Å². The van der Waals surface area contributed by atoms with Gasteiger partial charge in [-0.2, -0.15) is 0 Å². The minimum Gasteiger partial charge on any atom is -0.490 e. The van der Waals surface area contributed by atoms with E-state index in [0.29, 0.717) is 12.4 Å². The van der Waals surface area contributed by atoms with E-state index in [-0.39, 0.29) is 0 Å². The third kappa shape index (κ3) is 6.90. The average molecular weight is 304 g/mol. The first-order valence-electron chi connectivity index (χ1n) is 6.29. The highest BCUT2D eigenvalue weighted by atomic mass is 16.5. The molecule has 3 N–H and O–H groups in total. The number of primary amides is 1. The first-order valence-corrected chi connectivity index (χ1v) is 6.29. The predicted octanol–water partition coefficient (Wildman–Crippen LogP) is 1.00. The van der Waals surface area contributed by atoms with E-state index < -0.39 is 24.5 Å². The summed E-state index contributed by atoms with van der Waals surface area (Å²) in [5, 5.41) is 1.77. The van der Waals surface area contributed by atoms with Gasteiger partial charge in [0.2, 0.25) is 0 Å². The second kappa shape index (κ2) is 8.96. The van der Waals surface area contributed by atoms with E-state index in [4.69, 9.17) is 10.5 Å². The van der Waals surface area contributed by atoms with Gasteiger partial charge < -0.3 is 15.2 Å². The van der Waals surface area contributed by atoms with Crippen LogP contribution in [0, 0.1) is 0 Å². The fourth-order valence-corrected chi connectivity index (χ4v) is 1.35. The molecule has 3 amide bonds. The molecule has 116 valence electrons. The molecular weight excluding hydrogens is 288 g/mol. The van der Waals surface area contributed by atoms with E-state index in [1.54, 1.807) is 35.7 Å². The molecule has 7 heteroatoms. The summed E-state index contributed by atoms with van der Waals surface area (Å²) >= 11 is 0. The van der Waals surface area contributed by atoms with E-state index in [9.17, 15) is 14.4 Å². The van der Waals surface area contributed by atoms with Crippen LogP contribution in [0.3, 0.4) is 0 Å².